The SMILES string of the molecule is O=C(c1cc(-c2cccs2)on1)N1CCSCC1. The molecule has 0 saturated carbocycles. The molecule has 0 spiro atoms. The normalized spacial score (nSPS) is 15.9. The van der Waals surface area contributed by atoms with Gasteiger partial charge >= 0.3 is 0 Å². The van der Waals surface area contributed by atoms with E-state index < -0.39 is 0 Å². The summed E-state index contributed by atoms with van der Waals surface area (Å²) in [6.07, 6.45) is 0. The molecule has 18 heavy (non-hydrogen) atoms. The molecule has 0 unspecified atom stereocenters. The van der Waals surface area contributed by atoms with E-state index in [1.54, 1.807) is 17.4 Å². The first-order valence-corrected chi connectivity index (χ1v) is 7.75. The van der Waals surface area contributed by atoms with Crippen molar-refractivity contribution in [3.63, 3.8) is 0 Å². The van der Waals surface area contributed by atoms with E-state index in [0.717, 1.165) is 29.5 Å². The summed E-state index contributed by atoms with van der Waals surface area (Å²) in [7, 11) is 0. The van der Waals surface area contributed by atoms with E-state index >= 15 is 0 Å². The summed E-state index contributed by atoms with van der Waals surface area (Å²) in [6, 6.07) is 5.64. The Morgan fingerprint density at radius 2 is 2.22 bits per heavy atom. The average Bonchev–Trinajstić information content (AvgIpc) is 3.09. The molecule has 0 aliphatic carbocycles. The lowest BCUT2D eigenvalue weighted by atomic mass is 10.3. The summed E-state index contributed by atoms with van der Waals surface area (Å²) >= 11 is 3.45. The van der Waals surface area contributed by atoms with E-state index in [9.17, 15) is 4.79 Å². The van der Waals surface area contributed by atoms with Crippen LogP contribution in [0.4, 0.5) is 0 Å². The number of thiophene rings is 1. The van der Waals surface area contributed by atoms with Gasteiger partial charge in [0.15, 0.2) is 11.5 Å². The molecule has 1 aliphatic heterocycles. The third-order valence-electron chi connectivity index (χ3n) is 2.79. The fourth-order valence-electron chi connectivity index (χ4n) is 1.84. The molecular weight excluding hydrogens is 268 g/mol. The average molecular weight is 280 g/mol. The van der Waals surface area contributed by atoms with Crippen LogP contribution in [0.3, 0.4) is 0 Å². The van der Waals surface area contributed by atoms with Crippen LogP contribution < -0.4 is 0 Å². The summed E-state index contributed by atoms with van der Waals surface area (Å²) < 4.78 is 5.23. The molecule has 0 aromatic carbocycles. The Hall–Kier alpha value is -1.27. The van der Waals surface area contributed by atoms with Crippen molar-refractivity contribution in [2.45, 2.75) is 0 Å². The maximum absolute atomic E-state index is 12.2. The molecule has 1 aliphatic rings. The predicted molar refractivity (Wildman–Crippen MR) is 73.0 cm³/mol. The van der Waals surface area contributed by atoms with Gasteiger partial charge in [0.1, 0.15) is 0 Å². The second kappa shape index (κ2) is 5.16. The van der Waals surface area contributed by atoms with Crippen molar-refractivity contribution in [2.24, 2.45) is 0 Å². The quantitative estimate of drug-likeness (QED) is 0.848. The Labute approximate surface area is 113 Å². The van der Waals surface area contributed by atoms with Crippen LogP contribution in [0.1, 0.15) is 10.5 Å². The van der Waals surface area contributed by atoms with Crippen LogP contribution in [0.25, 0.3) is 10.6 Å². The molecule has 3 rings (SSSR count). The third kappa shape index (κ3) is 2.30. The molecule has 0 atom stereocenters. The maximum atomic E-state index is 12.2. The van der Waals surface area contributed by atoms with Gasteiger partial charge in [-0.15, -0.1) is 11.3 Å². The van der Waals surface area contributed by atoms with Gasteiger partial charge in [-0.25, -0.2) is 0 Å². The highest BCUT2D eigenvalue weighted by Crippen LogP contribution is 2.25. The standard InChI is InChI=1S/C12H12N2O2S2/c15-12(14-3-6-17-7-4-14)9-8-10(16-13-9)11-2-1-5-18-11/h1-2,5,8H,3-4,6-7H2. The first-order chi connectivity index (χ1) is 8.84. The van der Waals surface area contributed by atoms with Crippen molar-refractivity contribution in [3.8, 4) is 10.6 Å². The fourth-order valence-corrected chi connectivity index (χ4v) is 3.42. The molecule has 94 valence electrons. The number of nitrogens with zero attached hydrogens (tertiary/aromatic N) is 2. The monoisotopic (exact) mass is 280 g/mol. The Morgan fingerprint density at radius 1 is 1.39 bits per heavy atom. The van der Waals surface area contributed by atoms with Crippen molar-refractivity contribution in [1.29, 1.82) is 0 Å². The van der Waals surface area contributed by atoms with Crippen molar-refractivity contribution in [1.82, 2.24) is 10.1 Å². The summed E-state index contributed by atoms with van der Waals surface area (Å²) in [5.74, 6) is 2.64. The van der Waals surface area contributed by atoms with E-state index in [1.165, 1.54) is 0 Å². The fraction of sp³-hybridized carbons (Fsp3) is 0.333. The zero-order valence-electron chi connectivity index (χ0n) is 9.67. The molecular formula is C12H12N2O2S2. The number of thioether (sulfide) groups is 1. The van der Waals surface area contributed by atoms with Crippen LogP contribution in [-0.2, 0) is 0 Å². The Balaban J connectivity index is 1.78. The molecule has 4 nitrogen and oxygen atoms in total. The third-order valence-corrected chi connectivity index (χ3v) is 4.62. The van der Waals surface area contributed by atoms with Crippen molar-refractivity contribution >= 4 is 29.0 Å². The van der Waals surface area contributed by atoms with Gasteiger partial charge in [-0.1, -0.05) is 11.2 Å². The van der Waals surface area contributed by atoms with Crippen LogP contribution in [-0.4, -0.2) is 40.6 Å². The van der Waals surface area contributed by atoms with Crippen LogP contribution in [0, 0.1) is 0 Å². The van der Waals surface area contributed by atoms with Crippen LogP contribution in [0.15, 0.2) is 28.1 Å². The van der Waals surface area contributed by atoms with Gasteiger partial charge in [-0.05, 0) is 11.4 Å². The molecule has 1 saturated heterocycles. The smallest absolute Gasteiger partial charge is 0.276 e. The van der Waals surface area contributed by atoms with Gasteiger partial charge in [0.05, 0.1) is 4.88 Å². The number of aromatic nitrogens is 1. The van der Waals surface area contributed by atoms with Crippen LogP contribution in [0.5, 0.6) is 0 Å². The largest absolute Gasteiger partial charge is 0.355 e. The highest BCUT2D eigenvalue weighted by atomic mass is 32.2. The van der Waals surface area contributed by atoms with Gasteiger partial charge in [-0.3, -0.25) is 4.79 Å². The summed E-state index contributed by atoms with van der Waals surface area (Å²) in [6.45, 7) is 1.59. The number of hydrogen-bond acceptors (Lipinski definition) is 5. The Bertz CT molecular complexity index is 530. The number of rotatable bonds is 2. The highest BCUT2D eigenvalue weighted by molar-refractivity contribution is 7.99. The predicted octanol–water partition coefficient (Wildman–Crippen LogP) is 2.59. The van der Waals surface area contributed by atoms with Crippen molar-refractivity contribution in [2.75, 3.05) is 24.6 Å². The summed E-state index contributed by atoms with van der Waals surface area (Å²) in [5.41, 5.74) is 0.408. The number of carbonyl (C=O) groups is 1. The summed E-state index contributed by atoms with van der Waals surface area (Å²) in [5, 5.41) is 5.85. The topological polar surface area (TPSA) is 46.3 Å². The molecule has 2 aromatic rings. The van der Waals surface area contributed by atoms with E-state index in [2.05, 4.69) is 5.16 Å². The van der Waals surface area contributed by atoms with E-state index in [4.69, 9.17) is 4.52 Å². The van der Waals surface area contributed by atoms with Gasteiger partial charge < -0.3 is 9.42 Å². The zero-order chi connectivity index (χ0) is 12.4. The van der Waals surface area contributed by atoms with Crippen LogP contribution in [0.2, 0.25) is 0 Å². The van der Waals surface area contributed by atoms with Gasteiger partial charge in [0.25, 0.3) is 5.91 Å². The summed E-state index contributed by atoms with van der Waals surface area (Å²) in [4.78, 5) is 15.0. The number of amides is 1. The Morgan fingerprint density at radius 3 is 2.94 bits per heavy atom. The van der Waals surface area contributed by atoms with Crippen molar-refractivity contribution in [3.05, 3.63) is 29.3 Å². The molecule has 0 radical (unpaired) electrons. The molecule has 1 fully saturated rings. The van der Waals surface area contributed by atoms with Gasteiger partial charge in [0.2, 0.25) is 0 Å². The minimum Gasteiger partial charge on any atom is -0.355 e. The molecule has 0 bridgehead atoms. The highest BCUT2D eigenvalue weighted by Gasteiger charge is 2.22. The molecule has 0 N–H and O–H groups in total. The minimum absolute atomic E-state index is 0.0261. The second-order valence-electron chi connectivity index (χ2n) is 3.96. The number of hydrogen-bond donors (Lipinski definition) is 0. The molecule has 6 heteroatoms. The van der Waals surface area contributed by atoms with E-state index in [1.807, 2.05) is 34.2 Å². The second-order valence-corrected chi connectivity index (χ2v) is 6.13. The lowest BCUT2D eigenvalue weighted by Gasteiger charge is -2.25. The van der Waals surface area contributed by atoms with Crippen molar-refractivity contribution < 1.29 is 9.32 Å². The van der Waals surface area contributed by atoms with Crippen LogP contribution >= 0.6 is 23.1 Å². The molecule has 2 aromatic heterocycles. The van der Waals surface area contributed by atoms with Gasteiger partial charge in [-0.2, -0.15) is 11.8 Å². The zero-order valence-corrected chi connectivity index (χ0v) is 11.3. The van der Waals surface area contributed by atoms with E-state index in [-0.39, 0.29) is 5.91 Å². The Kier molecular flexibility index (Phi) is 3.38. The van der Waals surface area contributed by atoms with Gasteiger partial charge in [0, 0.05) is 30.7 Å². The lowest BCUT2D eigenvalue weighted by molar-refractivity contribution is 0.0762. The molecule has 3 heterocycles. The lowest BCUT2D eigenvalue weighted by Crippen LogP contribution is -2.38. The van der Waals surface area contributed by atoms with E-state index in [0.29, 0.717) is 11.5 Å². The first kappa shape index (κ1) is 11.8. The minimum atomic E-state index is -0.0261. The maximum Gasteiger partial charge on any atom is 0.276 e. The molecule has 1 amide bonds. The first-order valence-electron chi connectivity index (χ1n) is 5.72. The number of carbonyl (C=O) groups excluding carboxylic acids is 1.